The van der Waals surface area contributed by atoms with E-state index in [1.165, 1.54) is 0 Å². The van der Waals surface area contributed by atoms with E-state index in [1.807, 2.05) is 0 Å². The average Bonchev–Trinajstić information content (AvgIpc) is 2.76. The van der Waals surface area contributed by atoms with Crippen LogP contribution in [0.25, 0.3) is 0 Å². The first-order chi connectivity index (χ1) is 17.3. The van der Waals surface area contributed by atoms with Crippen LogP contribution in [0.2, 0.25) is 0 Å². The van der Waals surface area contributed by atoms with Crippen LogP contribution in [0.15, 0.2) is 74.2 Å². The van der Waals surface area contributed by atoms with Crippen LogP contribution in [-0.4, -0.2) is 51.9 Å². The fourth-order valence-electron chi connectivity index (χ4n) is 3.60. The first-order valence-electron chi connectivity index (χ1n) is 10.3. The number of hydrogen-bond acceptors (Lipinski definition) is 9. The second kappa shape index (κ2) is 10.3. The van der Waals surface area contributed by atoms with Gasteiger partial charge in [-0.1, -0.05) is 29.8 Å². The number of anilines is 1. The van der Waals surface area contributed by atoms with E-state index in [1.54, 1.807) is 25.1 Å². The summed E-state index contributed by atoms with van der Waals surface area (Å²) >= 11 is 0. The van der Waals surface area contributed by atoms with Gasteiger partial charge in [-0.15, -0.1) is 0 Å². The minimum atomic E-state index is -4.91. The van der Waals surface area contributed by atoms with Gasteiger partial charge in [0.2, 0.25) is 0 Å². The van der Waals surface area contributed by atoms with Crippen LogP contribution in [0.1, 0.15) is 22.3 Å². The van der Waals surface area contributed by atoms with Crippen LogP contribution in [0.4, 0.5) is 5.69 Å². The molecule has 0 spiro atoms. The Hall–Kier alpha value is -2.90. The summed E-state index contributed by atoms with van der Waals surface area (Å²) in [7, 11) is -19.3. The summed E-state index contributed by atoms with van der Waals surface area (Å²) in [6.45, 7) is 1.45. The molecule has 5 N–H and O–H groups in total. The highest BCUT2D eigenvalue weighted by atomic mass is 32.2. The molecule has 3 aromatic rings. The van der Waals surface area contributed by atoms with Crippen molar-refractivity contribution in [1.29, 1.82) is 0 Å². The van der Waals surface area contributed by atoms with E-state index in [2.05, 4.69) is 5.32 Å². The average molecular weight is 608 g/mol. The van der Waals surface area contributed by atoms with E-state index in [4.69, 9.17) is 0 Å². The van der Waals surface area contributed by atoms with Crippen molar-refractivity contribution in [2.75, 3.05) is 5.32 Å². The Morgan fingerprint density at radius 2 is 1.05 bits per heavy atom. The molecule has 0 atom stereocenters. The van der Waals surface area contributed by atoms with Gasteiger partial charge in [0, 0.05) is 18.7 Å². The molecule has 0 radical (unpaired) electrons. The molecule has 0 saturated carbocycles. The molecule has 3 aromatic carbocycles. The minimum absolute atomic E-state index is 0.0234. The Kier molecular flexibility index (Phi) is 8.07. The van der Waals surface area contributed by atoms with E-state index >= 15 is 0 Å². The Labute approximate surface area is 219 Å². The van der Waals surface area contributed by atoms with Crippen molar-refractivity contribution in [1.82, 2.24) is 0 Å². The maximum Gasteiger partial charge on any atom is 0.294 e. The number of aryl methyl sites for hydroxylation is 1. The molecule has 0 unspecified atom stereocenters. The van der Waals surface area contributed by atoms with Crippen LogP contribution in [-0.2, 0) is 53.4 Å². The topological polar surface area (TPSA) is 230 Å². The van der Waals surface area contributed by atoms with Crippen molar-refractivity contribution in [3.63, 3.8) is 0 Å². The van der Waals surface area contributed by atoms with Crippen molar-refractivity contribution >= 4 is 46.2 Å². The van der Waals surface area contributed by atoms with Crippen LogP contribution < -0.4 is 5.32 Å². The number of rotatable bonds is 9. The predicted octanol–water partition coefficient (Wildman–Crippen LogP) is 2.18. The van der Waals surface area contributed by atoms with Crippen LogP contribution >= 0.6 is 0 Å². The standard InChI is InChI=1S/C21H21NO12S4/c1-13-2-7-19(22-12-15-4-6-18(36(26,27)28)11-21(15)38(32,33)34)16(8-13)9-14-3-5-17(35(23,24)25)10-20(14)37(29,30)31/h2-8,10-11,22H,9,12H2,1H3,(H,23,24,25)(H,26,27,28)(H,29,30,31)(H,32,33,34). The van der Waals surface area contributed by atoms with Crippen LogP contribution in [0.5, 0.6) is 0 Å². The molecule has 0 aliphatic carbocycles. The number of hydrogen-bond donors (Lipinski definition) is 5. The molecule has 0 aromatic heterocycles. The normalized spacial score (nSPS) is 12.9. The van der Waals surface area contributed by atoms with Gasteiger partial charge in [0.1, 0.15) is 4.90 Å². The molecule has 17 heteroatoms. The summed E-state index contributed by atoms with van der Waals surface area (Å²) in [5.41, 5.74) is 1.41. The van der Waals surface area contributed by atoms with Gasteiger partial charge in [-0.25, -0.2) is 0 Å². The van der Waals surface area contributed by atoms with Gasteiger partial charge in [-0.3, -0.25) is 18.2 Å². The molecule has 0 saturated heterocycles. The zero-order valence-electron chi connectivity index (χ0n) is 19.3. The van der Waals surface area contributed by atoms with E-state index in [-0.39, 0.29) is 24.1 Å². The molecule has 0 aliphatic rings. The summed E-state index contributed by atoms with van der Waals surface area (Å²) in [4.78, 5) is -3.03. The summed E-state index contributed by atoms with van der Waals surface area (Å²) in [5.74, 6) is 0. The highest BCUT2D eigenvalue weighted by molar-refractivity contribution is 7.87. The van der Waals surface area contributed by atoms with E-state index in [0.717, 1.165) is 29.8 Å². The van der Waals surface area contributed by atoms with Crippen molar-refractivity contribution in [2.24, 2.45) is 0 Å². The Morgan fingerprint density at radius 1 is 0.579 bits per heavy atom. The van der Waals surface area contributed by atoms with E-state index in [9.17, 15) is 51.9 Å². The second-order valence-electron chi connectivity index (χ2n) is 8.13. The SMILES string of the molecule is Cc1ccc(NCc2ccc(S(=O)(=O)O)cc2S(=O)(=O)O)c(Cc2ccc(S(=O)(=O)O)cc2S(=O)(=O)O)c1. The van der Waals surface area contributed by atoms with E-state index < -0.39 is 60.1 Å². The Morgan fingerprint density at radius 3 is 1.53 bits per heavy atom. The Balaban J connectivity index is 2.03. The third kappa shape index (κ3) is 7.14. The minimum Gasteiger partial charge on any atom is -0.381 e. The summed E-state index contributed by atoms with van der Waals surface area (Å²) < 4.78 is 131. The fraction of sp³-hybridized carbons (Fsp3) is 0.143. The van der Waals surface area contributed by atoms with Gasteiger partial charge >= 0.3 is 0 Å². The molecule has 0 fully saturated rings. The molecular formula is C21H21NO12S4. The maximum absolute atomic E-state index is 11.9. The van der Waals surface area contributed by atoms with Gasteiger partial charge in [0.15, 0.2) is 0 Å². The number of benzene rings is 3. The predicted molar refractivity (Wildman–Crippen MR) is 133 cm³/mol. The third-order valence-corrected chi connectivity index (χ3v) is 8.91. The molecule has 38 heavy (non-hydrogen) atoms. The van der Waals surface area contributed by atoms with Gasteiger partial charge in [-0.2, -0.15) is 33.7 Å². The lowest BCUT2D eigenvalue weighted by atomic mass is 10.0. The lowest BCUT2D eigenvalue weighted by Crippen LogP contribution is -2.11. The highest BCUT2D eigenvalue weighted by Crippen LogP contribution is 2.28. The molecule has 0 amide bonds. The molecule has 13 nitrogen and oxygen atoms in total. The Bertz CT molecular complexity index is 1850. The molecular weight excluding hydrogens is 586 g/mol. The first kappa shape index (κ1) is 29.7. The van der Waals surface area contributed by atoms with Gasteiger partial charge in [-0.05, 0) is 53.9 Å². The number of nitrogens with one attached hydrogen (secondary N) is 1. The zero-order chi connectivity index (χ0) is 28.7. The largest absolute Gasteiger partial charge is 0.381 e. The van der Waals surface area contributed by atoms with Crippen molar-refractivity contribution in [3.8, 4) is 0 Å². The summed E-state index contributed by atoms with van der Waals surface area (Å²) in [5, 5.41) is 2.91. The van der Waals surface area contributed by atoms with Crippen LogP contribution in [0, 0.1) is 6.92 Å². The highest BCUT2D eigenvalue weighted by Gasteiger charge is 2.23. The molecule has 0 bridgehead atoms. The summed E-state index contributed by atoms with van der Waals surface area (Å²) in [6.07, 6.45) is -0.169. The van der Waals surface area contributed by atoms with Gasteiger partial charge < -0.3 is 5.32 Å². The molecule has 0 aliphatic heterocycles. The smallest absolute Gasteiger partial charge is 0.294 e. The monoisotopic (exact) mass is 607 g/mol. The lowest BCUT2D eigenvalue weighted by molar-refractivity contribution is 0.476. The maximum atomic E-state index is 11.9. The van der Waals surface area contributed by atoms with Crippen molar-refractivity contribution in [3.05, 3.63) is 76.9 Å². The summed E-state index contributed by atoms with van der Waals surface area (Å²) in [6, 6.07) is 10.1. The lowest BCUT2D eigenvalue weighted by Gasteiger charge is -2.16. The van der Waals surface area contributed by atoms with Gasteiger partial charge in [0.25, 0.3) is 40.5 Å². The molecule has 0 heterocycles. The van der Waals surface area contributed by atoms with Crippen molar-refractivity contribution in [2.45, 2.75) is 39.5 Å². The molecule has 3 rings (SSSR count). The second-order valence-corrected chi connectivity index (χ2v) is 13.8. The quantitative estimate of drug-likeness (QED) is 0.220. The molecule has 206 valence electrons. The van der Waals surface area contributed by atoms with Crippen LogP contribution in [0.3, 0.4) is 0 Å². The fourth-order valence-corrected chi connectivity index (χ4v) is 6.26. The zero-order valence-corrected chi connectivity index (χ0v) is 22.6. The van der Waals surface area contributed by atoms with Crippen molar-refractivity contribution < 1.29 is 51.9 Å². The first-order valence-corrected chi connectivity index (χ1v) is 16.0. The van der Waals surface area contributed by atoms with Gasteiger partial charge in [0.05, 0.1) is 14.7 Å². The van der Waals surface area contributed by atoms with E-state index in [0.29, 0.717) is 23.4 Å². The third-order valence-electron chi connectivity index (χ3n) is 5.34.